The van der Waals surface area contributed by atoms with Gasteiger partial charge in [0.05, 0.1) is 6.61 Å². The number of amides is 1. The van der Waals surface area contributed by atoms with E-state index in [-0.39, 0.29) is 24.0 Å². The van der Waals surface area contributed by atoms with Crippen molar-refractivity contribution >= 4 is 5.91 Å². The molecule has 78 valence electrons. The fourth-order valence-corrected chi connectivity index (χ4v) is 0.869. The minimum atomic E-state index is -0.305. The fraction of sp³-hybridized carbons (Fsp3) is 0.889. The molecule has 0 fully saturated rings. The first-order valence-corrected chi connectivity index (χ1v) is 4.42. The Balaban J connectivity index is 4.14. The van der Waals surface area contributed by atoms with Gasteiger partial charge in [-0.3, -0.25) is 9.69 Å². The Morgan fingerprint density at radius 2 is 2.08 bits per heavy atom. The Morgan fingerprint density at radius 1 is 1.62 bits per heavy atom. The van der Waals surface area contributed by atoms with Gasteiger partial charge in [0.2, 0.25) is 5.91 Å². The molecular formula is C9H20N2O2. The SMILES string of the molecule is CC(CN(C)C(C)(C)CO)C(N)=O. The van der Waals surface area contributed by atoms with Crippen LogP contribution in [0.1, 0.15) is 20.8 Å². The van der Waals surface area contributed by atoms with Gasteiger partial charge in [-0.05, 0) is 20.9 Å². The Labute approximate surface area is 79.7 Å². The van der Waals surface area contributed by atoms with Crippen molar-refractivity contribution in [3.63, 3.8) is 0 Å². The number of hydrogen-bond acceptors (Lipinski definition) is 3. The van der Waals surface area contributed by atoms with Crippen LogP contribution in [0.2, 0.25) is 0 Å². The molecule has 0 aliphatic rings. The number of nitrogens with two attached hydrogens (primary N) is 1. The monoisotopic (exact) mass is 188 g/mol. The number of primary amides is 1. The average Bonchev–Trinajstić information content (AvgIpc) is 2.04. The lowest BCUT2D eigenvalue weighted by Gasteiger charge is -2.35. The molecule has 0 aliphatic heterocycles. The van der Waals surface area contributed by atoms with E-state index >= 15 is 0 Å². The molecule has 0 spiro atoms. The summed E-state index contributed by atoms with van der Waals surface area (Å²) in [5.41, 5.74) is 4.84. The molecule has 0 aromatic rings. The van der Waals surface area contributed by atoms with Gasteiger partial charge >= 0.3 is 0 Å². The zero-order valence-corrected chi connectivity index (χ0v) is 8.87. The first-order chi connectivity index (χ1) is 5.81. The van der Waals surface area contributed by atoms with Crippen LogP contribution < -0.4 is 5.73 Å². The first-order valence-electron chi connectivity index (χ1n) is 4.42. The van der Waals surface area contributed by atoms with Gasteiger partial charge in [0, 0.05) is 18.0 Å². The molecule has 4 nitrogen and oxygen atoms in total. The van der Waals surface area contributed by atoms with Gasteiger partial charge in [-0.15, -0.1) is 0 Å². The summed E-state index contributed by atoms with van der Waals surface area (Å²) in [5, 5.41) is 9.06. The van der Waals surface area contributed by atoms with E-state index in [1.165, 1.54) is 0 Å². The van der Waals surface area contributed by atoms with Gasteiger partial charge in [-0.2, -0.15) is 0 Å². The van der Waals surface area contributed by atoms with Gasteiger partial charge in [0.1, 0.15) is 0 Å². The number of nitrogens with zero attached hydrogens (tertiary/aromatic N) is 1. The van der Waals surface area contributed by atoms with Gasteiger partial charge < -0.3 is 10.8 Å². The molecule has 13 heavy (non-hydrogen) atoms. The first kappa shape index (κ1) is 12.4. The molecule has 4 heteroatoms. The fourth-order valence-electron chi connectivity index (χ4n) is 0.869. The van der Waals surface area contributed by atoms with Crippen molar-refractivity contribution in [3.8, 4) is 0 Å². The lowest BCUT2D eigenvalue weighted by atomic mass is 10.0. The molecule has 0 aromatic heterocycles. The second-order valence-electron chi connectivity index (χ2n) is 4.15. The quantitative estimate of drug-likeness (QED) is 0.628. The van der Waals surface area contributed by atoms with Gasteiger partial charge in [0.15, 0.2) is 0 Å². The number of likely N-dealkylation sites (N-methyl/N-ethyl adjacent to an activating group) is 1. The minimum absolute atomic E-state index is 0.0645. The maximum atomic E-state index is 10.8. The van der Waals surface area contributed by atoms with E-state index in [9.17, 15) is 4.79 Å². The van der Waals surface area contributed by atoms with Crippen LogP contribution in [0.3, 0.4) is 0 Å². The largest absolute Gasteiger partial charge is 0.394 e. The molecule has 0 aromatic carbocycles. The predicted octanol–water partition coefficient (Wildman–Crippen LogP) is -0.189. The summed E-state index contributed by atoms with van der Waals surface area (Å²) in [7, 11) is 1.87. The maximum Gasteiger partial charge on any atom is 0.221 e. The summed E-state index contributed by atoms with van der Waals surface area (Å²) in [6, 6.07) is 0. The molecule has 1 amide bonds. The Bertz CT molecular complexity index is 180. The van der Waals surface area contributed by atoms with Gasteiger partial charge in [-0.1, -0.05) is 6.92 Å². The highest BCUT2D eigenvalue weighted by atomic mass is 16.3. The van der Waals surface area contributed by atoms with Gasteiger partial charge in [-0.25, -0.2) is 0 Å². The second-order valence-corrected chi connectivity index (χ2v) is 4.15. The van der Waals surface area contributed by atoms with Crippen molar-refractivity contribution in [2.24, 2.45) is 11.7 Å². The van der Waals surface area contributed by atoms with Crippen molar-refractivity contribution in [1.82, 2.24) is 4.90 Å². The third-order valence-electron chi connectivity index (χ3n) is 2.45. The Hall–Kier alpha value is -0.610. The zero-order valence-electron chi connectivity index (χ0n) is 8.87. The molecule has 3 N–H and O–H groups in total. The van der Waals surface area contributed by atoms with Crippen molar-refractivity contribution < 1.29 is 9.90 Å². The third kappa shape index (κ3) is 3.74. The highest BCUT2D eigenvalue weighted by molar-refractivity contribution is 5.76. The van der Waals surface area contributed by atoms with Crippen LogP contribution in [-0.4, -0.2) is 41.7 Å². The maximum absolute atomic E-state index is 10.8. The lowest BCUT2D eigenvalue weighted by molar-refractivity contribution is -0.122. The average molecular weight is 188 g/mol. The minimum Gasteiger partial charge on any atom is -0.394 e. The molecule has 0 bridgehead atoms. The third-order valence-corrected chi connectivity index (χ3v) is 2.45. The van der Waals surface area contributed by atoms with Crippen LogP contribution in [0, 0.1) is 5.92 Å². The highest BCUT2D eigenvalue weighted by Gasteiger charge is 2.24. The van der Waals surface area contributed by atoms with Crippen LogP contribution in [0.15, 0.2) is 0 Å². The highest BCUT2D eigenvalue weighted by Crippen LogP contribution is 2.12. The van der Waals surface area contributed by atoms with E-state index in [1.807, 2.05) is 25.8 Å². The molecule has 0 radical (unpaired) electrons. The van der Waals surface area contributed by atoms with E-state index in [4.69, 9.17) is 10.8 Å². The number of hydrogen-bond donors (Lipinski definition) is 2. The van der Waals surface area contributed by atoms with Crippen LogP contribution >= 0.6 is 0 Å². The van der Waals surface area contributed by atoms with Crippen molar-refractivity contribution in [2.45, 2.75) is 26.3 Å². The molecule has 0 aliphatic carbocycles. The molecule has 0 heterocycles. The molecule has 0 saturated heterocycles. The summed E-state index contributed by atoms with van der Waals surface area (Å²) in [6.07, 6.45) is 0. The summed E-state index contributed by atoms with van der Waals surface area (Å²) < 4.78 is 0. The van der Waals surface area contributed by atoms with E-state index in [2.05, 4.69) is 0 Å². The summed E-state index contributed by atoms with van der Waals surface area (Å²) >= 11 is 0. The molecule has 0 saturated carbocycles. The number of carbonyl (C=O) groups excluding carboxylic acids is 1. The smallest absolute Gasteiger partial charge is 0.221 e. The summed E-state index contributed by atoms with van der Waals surface area (Å²) in [4.78, 5) is 12.7. The topological polar surface area (TPSA) is 66.6 Å². The standard InChI is InChI=1S/C9H20N2O2/c1-7(8(10)13)5-11(4)9(2,3)6-12/h7,12H,5-6H2,1-4H3,(H2,10,13). The molecule has 1 unspecified atom stereocenters. The van der Waals surface area contributed by atoms with Crippen LogP contribution in [-0.2, 0) is 4.79 Å². The molecule has 1 atom stereocenters. The number of aliphatic hydroxyl groups is 1. The number of rotatable bonds is 5. The predicted molar refractivity (Wildman–Crippen MR) is 52.2 cm³/mol. The number of carbonyl (C=O) groups is 1. The Morgan fingerprint density at radius 3 is 2.38 bits per heavy atom. The van der Waals surface area contributed by atoms with Gasteiger partial charge in [0.25, 0.3) is 0 Å². The van der Waals surface area contributed by atoms with Crippen LogP contribution in [0.4, 0.5) is 0 Å². The van der Waals surface area contributed by atoms with E-state index in [0.717, 1.165) is 0 Å². The van der Waals surface area contributed by atoms with E-state index in [1.54, 1.807) is 6.92 Å². The van der Waals surface area contributed by atoms with Crippen molar-refractivity contribution in [2.75, 3.05) is 20.2 Å². The van der Waals surface area contributed by atoms with Crippen molar-refractivity contribution in [1.29, 1.82) is 0 Å². The lowest BCUT2D eigenvalue weighted by Crippen LogP contribution is -2.47. The second kappa shape index (κ2) is 4.58. The zero-order chi connectivity index (χ0) is 10.6. The summed E-state index contributed by atoms with van der Waals surface area (Å²) in [5.74, 6) is -0.489. The van der Waals surface area contributed by atoms with Crippen LogP contribution in [0.5, 0.6) is 0 Å². The summed E-state index contributed by atoms with van der Waals surface area (Å²) in [6.45, 7) is 6.26. The molecule has 0 rings (SSSR count). The normalized spacial score (nSPS) is 14.6. The van der Waals surface area contributed by atoms with E-state index in [0.29, 0.717) is 6.54 Å². The molecular weight excluding hydrogens is 168 g/mol. The van der Waals surface area contributed by atoms with E-state index < -0.39 is 0 Å². The van der Waals surface area contributed by atoms with Crippen LogP contribution in [0.25, 0.3) is 0 Å². The Kier molecular flexibility index (Phi) is 4.36. The van der Waals surface area contributed by atoms with Crippen molar-refractivity contribution in [3.05, 3.63) is 0 Å². The number of aliphatic hydroxyl groups excluding tert-OH is 1.